The Kier molecular flexibility index (Phi) is 3.59. The quantitative estimate of drug-likeness (QED) is 0.721. The number of carbonyl (C=O) groups excluding carboxylic acids is 1. The van der Waals surface area contributed by atoms with Crippen LogP contribution in [-0.2, 0) is 14.3 Å². The third-order valence-corrected chi connectivity index (χ3v) is 3.82. The van der Waals surface area contributed by atoms with E-state index in [-0.39, 0.29) is 24.0 Å². The number of ether oxygens (including phenoxy) is 1. The van der Waals surface area contributed by atoms with Crippen molar-refractivity contribution in [3.63, 3.8) is 0 Å². The summed E-state index contributed by atoms with van der Waals surface area (Å²) in [5.74, 6) is -1.14. The van der Waals surface area contributed by atoms with Crippen molar-refractivity contribution in [2.24, 2.45) is 5.92 Å². The van der Waals surface area contributed by atoms with E-state index in [0.29, 0.717) is 6.54 Å². The van der Waals surface area contributed by atoms with Gasteiger partial charge in [-0.1, -0.05) is 6.92 Å². The first kappa shape index (κ1) is 13.3. The number of likely N-dealkylation sites (tertiary alicyclic amines) is 1. The molecule has 2 aliphatic rings. The van der Waals surface area contributed by atoms with Gasteiger partial charge in [-0.3, -0.25) is 4.79 Å². The number of amides is 1. The molecule has 0 saturated carbocycles. The van der Waals surface area contributed by atoms with E-state index < -0.39 is 12.0 Å². The molecule has 2 unspecified atom stereocenters. The second kappa shape index (κ2) is 4.85. The minimum absolute atomic E-state index is 0.00686. The van der Waals surface area contributed by atoms with Crippen LogP contribution in [0.2, 0.25) is 0 Å². The Hall–Kier alpha value is -1.14. The van der Waals surface area contributed by atoms with Gasteiger partial charge in [-0.25, -0.2) is 4.79 Å². The molecule has 2 atom stereocenters. The van der Waals surface area contributed by atoms with E-state index in [1.807, 2.05) is 13.8 Å². The molecule has 0 bridgehead atoms. The minimum atomic E-state index is -0.926. The van der Waals surface area contributed by atoms with Crippen LogP contribution in [0.3, 0.4) is 0 Å². The zero-order chi connectivity index (χ0) is 13.3. The van der Waals surface area contributed by atoms with Crippen LogP contribution in [0, 0.1) is 5.92 Å². The molecule has 0 spiro atoms. The average molecular weight is 256 g/mol. The van der Waals surface area contributed by atoms with Crippen molar-refractivity contribution in [2.75, 3.05) is 26.2 Å². The summed E-state index contributed by atoms with van der Waals surface area (Å²) >= 11 is 0. The third kappa shape index (κ3) is 2.49. The van der Waals surface area contributed by atoms with E-state index in [4.69, 9.17) is 9.84 Å². The summed E-state index contributed by atoms with van der Waals surface area (Å²) in [6.07, 6.45) is 0.738. The van der Waals surface area contributed by atoms with Crippen LogP contribution in [0.1, 0.15) is 20.3 Å². The predicted molar refractivity (Wildman–Crippen MR) is 64.1 cm³/mol. The highest BCUT2D eigenvalue weighted by Gasteiger charge is 2.40. The number of carboxylic acids is 1. The normalized spacial score (nSPS) is 30.0. The van der Waals surface area contributed by atoms with E-state index in [1.165, 1.54) is 4.90 Å². The van der Waals surface area contributed by atoms with Crippen molar-refractivity contribution < 1.29 is 19.4 Å². The summed E-state index contributed by atoms with van der Waals surface area (Å²) in [7, 11) is 0. The van der Waals surface area contributed by atoms with E-state index in [2.05, 4.69) is 5.32 Å². The maximum Gasteiger partial charge on any atom is 0.326 e. The Bertz CT molecular complexity index is 354. The van der Waals surface area contributed by atoms with E-state index in [9.17, 15) is 9.59 Å². The number of nitrogens with zero attached hydrogens (tertiary/aromatic N) is 1. The molecule has 2 saturated heterocycles. The number of carboxylic acid groups (broad SMARTS) is 1. The summed E-state index contributed by atoms with van der Waals surface area (Å²) in [5, 5.41) is 12.2. The van der Waals surface area contributed by atoms with E-state index in [1.54, 1.807) is 0 Å². The monoisotopic (exact) mass is 256 g/mol. The minimum Gasteiger partial charge on any atom is -0.480 e. The van der Waals surface area contributed by atoms with Gasteiger partial charge in [0.25, 0.3) is 0 Å². The molecule has 102 valence electrons. The summed E-state index contributed by atoms with van der Waals surface area (Å²) in [6.45, 7) is 5.75. The van der Waals surface area contributed by atoms with E-state index in [0.717, 1.165) is 19.5 Å². The Balaban J connectivity index is 1.90. The SMILES string of the molecule is CC1CCN(C(=O)COC2(C)CNC2)C1C(=O)O. The Morgan fingerprint density at radius 2 is 2.17 bits per heavy atom. The number of nitrogens with one attached hydrogen (secondary N) is 1. The summed E-state index contributed by atoms with van der Waals surface area (Å²) in [4.78, 5) is 24.6. The van der Waals surface area contributed by atoms with Crippen LogP contribution in [-0.4, -0.2) is 59.8 Å². The lowest BCUT2D eigenvalue weighted by molar-refractivity contribution is -0.155. The third-order valence-electron chi connectivity index (χ3n) is 3.82. The van der Waals surface area contributed by atoms with Gasteiger partial charge < -0.3 is 20.1 Å². The molecule has 2 rings (SSSR count). The predicted octanol–water partition coefficient (Wildman–Crippen LogP) is -0.313. The summed E-state index contributed by atoms with van der Waals surface area (Å²) in [6, 6.07) is -0.701. The lowest BCUT2D eigenvalue weighted by atomic mass is 10.0. The van der Waals surface area contributed by atoms with Crippen LogP contribution in [0.25, 0.3) is 0 Å². The van der Waals surface area contributed by atoms with E-state index >= 15 is 0 Å². The van der Waals surface area contributed by atoms with Gasteiger partial charge in [0.2, 0.25) is 5.91 Å². The lowest BCUT2D eigenvalue weighted by Gasteiger charge is -2.39. The summed E-state index contributed by atoms with van der Waals surface area (Å²) in [5.41, 5.74) is -0.278. The fourth-order valence-electron chi connectivity index (χ4n) is 2.50. The second-order valence-electron chi connectivity index (χ2n) is 5.48. The molecule has 6 heteroatoms. The summed E-state index contributed by atoms with van der Waals surface area (Å²) < 4.78 is 5.56. The molecule has 2 N–H and O–H groups in total. The number of carbonyl (C=O) groups is 2. The van der Waals surface area contributed by atoms with Crippen molar-refractivity contribution in [1.29, 1.82) is 0 Å². The Labute approximate surface area is 106 Å². The molecule has 0 radical (unpaired) electrons. The number of hydrogen-bond acceptors (Lipinski definition) is 4. The average Bonchev–Trinajstić information content (AvgIpc) is 2.65. The smallest absolute Gasteiger partial charge is 0.326 e. The number of rotatable bonds is 4. The molecular weight excluding hydrogens is 236 g/mol. The van der Waals surface area contributed by atoms with Gasteiger partial charge >= 0.3 is 5.97 Å². The highest BCUT2D eigenvalue weighted by Crippen LogP contribution is 2.24. The Morgan fingerprint density at radius 3 is 2.67 bits per heavy atom. The Morgan fingerprint density at radius 1 is 1.50 bits per heavy atom. The molecule has 0 aromatic heterocycles. The number of aliphatic carboxylic acids is 1. The molecule has 18 heavy (non-hydrogen) atoms. The largest absolute Gasteiger partial charge is 0.480 e. The van der Waals surface area contributed by atoms with Gasteiger partial charge in [-0.05, 0) is 19.3 Å². The van der Waals surface area contributed by atoms with Gasteiger partial charge in [0.15, 0.2) is 0 Å². The second-order valence-corrected chi connectivity index (χ2v) is 5.48. The van der Waals surface area contributed by atoms with Gasteiger partial charge in [0.05, 0.1) is 5.60 Å². The van der Waals surface area contributed by atoms with Gasteiger partial charge in [0.1, 0.15) is 12.6 Å². The molecular formula is C12H20N2O4. The maximum absolute atomic E-state index is 12.0. The van der Waals surface area contributed by atoms with Crippen molar-refractivity contribution in [2.45, 2.75) is 31.9 Å². The molecule has 2 aliphatic heterocycles. The zero-order valence-corrected chi connectivity index (χ0v) is 10.8. The molecule has 2 heterocycles. The van der Waals surface area contributed by atoms with Crippen LogP contribution >= 0.6 is 0 Å². The first-order valence-corrected chi connectivity index (χ1v) is 6.30. The van der Waals surface area contributed by atoms with Crippen LogP contribution in [0.5, 0.6) is 0 Å². The van der Waals surface area contributed by atoms with Gasteiger partial charge in [-0.2, -0.15) is 0 Å². The van der Waals surface area contributed by atoms with Crippen molar-refractivity contribution in [3.8, 4) is 0 Å². The van der Waals surface area contributed by atoms with Crippen molar-refractivity contribution >= 4 is 11.9 Å². The van der Waals surface area contributed by atoms with Crippen LogP contribution in [0.4, 0.5) is 0 Å². The van der Waals surface area contributed by atoms with Gasteiger partial charge in [0, 0.05) is 19.6 Å². The highest BCUT2D eigenvalue weighted by molar-refractivity contribution is 5.85. The first-order valence-electron chi connectivity index (χ1n) is 6.30. The molecule has 0 aliphatic carbocycles. The van der Waals surface area contributed by atoms with Gasteiger partial charge in [-0.15, -0.1) is 0 Å². The lowest BCUT2D eigenvalue weighted by Crippen LogP contribution is -2.60. The zero-order valence-electron chi connectivity index (χ0n) is 10.8. The topological polar surface area (TPSA) is 78.9 Å². The van der Waals surface area contributed by atoms with Crippen LogP contribution < -0.4 is 5.32 Å². The molecule has 0 aromatic carbocycles. The van der Waals surface area contributed by atoms with Crippen molar-refractivity contribution in [1.82, 2.24) is 10.2 Å². The fourth-order valence-corrected chi connectivity index (χ4v) is 2.50. The fraction of sp³-hybridized carbons (Fsp3) is 0.833. The molecule has 2 fully saturated rings. The molecule has 1 amide bonds. The number of hydrogen-bond donors (Lipinski definition) is 2. The maximum atomic E-state index is 12.0. The van der Waals surface area contributed by atoms with Crippen LogP contribution in [0.15, 0.2) is 0 Å². The van der Waals surface area contributed by atoms with Crippen molar-refractivity contribution in [3.05, 3.63) is 0 Å². The standard InChI is InChI=1S/C12H20N2O4/c1-8-3-4-14(10(8)11(16)17)9(15)5-18-12(2)6-13-7-12/h8,10,13H,3-7H2,1-2H3,(H,16,17). The first-order chi connectivity index (χ1) is 8.43. The molecule has 6 nitrogen and oxygen atoms in total. The highest BCUT2D eigenvalue weighted by atomic mass is 16.5. The molecule has 0 aromatic rings.